The lowest BCUT2D eigenvalue weighted by Gasteiger charge is -2.05. The van der Waals surface area contributed by atoms with E-state index in [1.54, 1.807) is 11.7 Å². The molecule has 0 fully saturated rings. The molecule has 17 heavy (non-hydrogen) atoms. The van der Waals surface area contributed by atoms with E-state index in [-0.39, 0.29) is 5.69 Å². The maximum absolute atomic E-state index is 10.5. The van der Waals surface area contributed by atoms with Gasteiger partial charge in [0.25, 0.3) is 5.69 Å². The first-order chi connectivity index (χ1) is 8.16. The van der Waals surface area contributed by atoms with Crippen LogP contribution in [0, 0.1) is 10.1 Å². The van der Waals surface area contributed by atoms with Gasteiger partial charge in [-0.1, -0.05) is 0 Å². The first-order valence-electron chi connectivity index (χ1n) is 4.58. The minimum absolute atomic E-state index is 0.0415. The van der Waals surface area contributed by atoms with Crippen LogP contribution in [0.1, 0.15) is 4.88 Å². The lowest BCUT2D eigenvalue weighted by molar-refractivity contribution is -0.385. The number of hydrogen-bond donors (Lipinski definition) is 1. The molecule has 1 N–H and O–H groups in total. The summed E-state index contributed by atoms with van der Waals surface area (Å²) in [6, 6.07) is 1.42. The molecular weight excluding hydrogens is 308 g/mol. The molecular formula is C9H7BrN4O2S. The quantitative estimate of drug-likeness (QED) is 0.693. The number of nitrogens with one attached hydrogen (secondary N) is 1. The molecule has 0 aliphatic heterocycles. The molecule has 0 saturated heterocycles. The van der Waals surface area contributed by atoms with Gasteiger partial charge in [-0.2, -0.15) is 0 Å². The number of halogens is 1. The largest absolute Gasteiger partial charge is 0.364 e. The summed E-state index contributed by atoms with van der Waals surface area (Å²) in [6.07, 6.45) is 2.98. The van der Waals surface area contributed by atoms with Crippen molar-refractivity contribution in [3.63, 3.8) is 0 Å². The third kappa shape index (κ3) is 2.98. The average Bonchev–Trinajstić information content (AvgIpc) is 2.80. The van der Waals surface area contributed by atoms with Gasteiger partial charge in [-0.3, -0.25) is 15.1 Å². The predicted octanol–water partition coefficient (Wildman–Crippen LogP) is 2.82. The van der Waals surface area contributed by atoms with Crippen molar-refractivity contribution in [3.8, 4) is 0 Å². The van der Waals surface area contributed by atoms with E-state index in [2.05, 4.69) is 31.2 Å². The molecule has 0 radical (unpaired) electrons. The molecule has 0 aliphatic rings. The molecule has 0 atom stereocenters. The van der Waals surface area contributed by atoms with E-state index in [1.807, 2.05) is 0 Å². The van der Waals surface area contributed by atoms with Gasteiger partial charge < -0.3 is 5.32 Å². The van der Waals surface area contributed by atoms with Crippen molar-refractivity contribution in [2.24, 2.45) is 0 Å². The van der Waals surface area contributed by atoms with Crippen LogP contribution >= 0.6 is 27.3 Å². The monoisotopic (exact) mass is 314 g/mol. The molecule has 2 aromatic heterocycles. The highest BCUT2D eigenvalue weighted by atomic mass is 79.9. The van der Waals surface area contributed by atoms with Crippen LogP contribution in [0.4, 0.5) is 11.5 Å². The fourth-order valence-electron chi connectivity index (χ4n) is 1.16. The number of hydrogen-bond acceptors (Lipinski definition) is 6. The number of nitrogens with zero attached hydrogens (tertiary/aromatic N) is 3. The van der Waals surface area contributed by atoms with Gasteiger partial charge in [0.05, 0.1) is 21.5 Å². The molecule has 0 aliphatic carbocycles. The maximum atomic E-state index is 10.5. The Morgan fingerprint density at radius 2 is 2.35 bits per heavy atom. The number of aromatic nitrogens is 2. The number of pyridine rings is 1. The lowest BCUT2D eigenvalue weighted by atomic mass is 10.4. The molecule has 2 aromatic rings. The zero-order valence-electron chi connectivity index (χ0n) is 8.46. The van der Waals surface area contributed by atoms with Gasteiger partial charge in [-0.25, -0.2) is 4.98 Å². The zero-order valence-corrected chi connectivity index (χ0v) is 10.9. The summed E-state index contributed by atoms with van der Waals surface area (Å²) in [5, 5.41) is 13.6. The molecule has 0 saturated carbocycles. The summed E-state index contributed by atoms with van der Waals surface area (Å²) in [4.78, 5) is 19.0. The van der Waals surface area contributed by atoms with E-state index in [0.717, 1.165) is 4.88 Å². The minimum atomic E-state index is -0.481. The van der Waals surface area contributed by atoms with Gasteiger partial charge in [0, 0.05) is 17.1 Å². The predicted molar refractivity (Wildman–Crippen MR) is 68.0 cm³/mol. The second kappa shape index (κ2) is 5.19. The van der Waals surface area contributed by atoms with Crippen molar-refractivity contribution in [2.75, 3.05) is 5.32 Å². The Labute approximate surface area is 109 Å². The standard InChI is InChI=1S/C9H7BrN4O2S/c10-8-1-6(14(15)16)2-12-9(8)13-4-7-3-11-5-17-7/h1-3,5H,4H2,(H,12,13). The maximum Gasteiger partial charge on any atom is 0.288 e. The topological polar surface area (TPSA) is 81.0 Å². The smallest absolute Gasteiger partial charge is 0.288 e. The summed E-state index contributed by atoms with van der Waals surface area (Å²) >= 11 is 4.77. The zero-order chi connectivity index (χ0) is 12.3. The van der Waals surface area contributed by atoms with Gasteiger partial charge >= 0.3 is 0 Å². The van der Waals surface area contributed by atoms with E-state index in [4.69, 9.17) is 0 Å². The summed E-state index contributed by atoms with van der Waals surface area (Å²) in [7, 11) is 0. The van der Waals surface area contributed by atoms with Gasteiger partial charge in [-0.15, -0.1) is 11.3 Å². The highest BCUT2D eigenvalue weighted by Gasteiger charge is 2.10. The van der Waals surface area contributed by atoms with Crippen LogP contribution in [-0.4, -0.2) is 14.9 Å². The van der Waals surface area contributed by atoms with Crippen LogP contribution in [0.15, 0.2) is 28.4 Å². The van der Waals surface area contributed by atoms with Crippen LogP contribution in [0.25, 0.3) is 0 Å². The van der Waals surface area contributed by atoms with Crippen molar-refractivity contribution < 1.29 is 4.92 Å². The normalized spacial score (nSPS) is 10.2. The first-order valence-corrected chi connectivity index (χ1v) is 6.25. The lowest BCUT2D eigenvalue weighted by Crippen LogP contribution is -2.01. The van der Waals surface area contributed by atoms with Crippen molar-refractivity contribution in [1.29, 1.82) is 0 Å². The van der Waals surface area contributed by atoms with Gasteiger partial charge in [-0.05, 0) is 15.9 Å². The minimum Gasteiger partial charge on any atom is -0.364 e. The summed E-state index contributed by atoms with van der Waals surface area (Å²) in [5.74, 6) is 0.573. The SMILES string of the molecule is O=[N+]([O-])c1cnc(NCc2cncs2)c(Br)c1. The Morgan fingerprint density at radius 3 is 2.94 bits per heavy atom. The second-order valence-corrected chi connectivity index (χ2v) is 4.93. The average molecular weight is 315 g/mol. The van der Waals surface area contributed by atoms with Crippen molar-refractivity contribution in [3.05, 3.63) is 43.4 Å². The molecule has 0 amide bonds. The Hall–Kier alpha value is -1.54. The molecule has 2 heterocycles. The molecule has 0 spiro atoms. The Morgan fingerprint density at radius 1 is 1.53 bits per heavy atom. The van der Waals surface area contributed by atoms with Crippen molar-refractivity contribution in [1.82, 2.24) is 9.97 Å². The Bertz CT molecular complexity index is 532. The van der Waals surface area contributed by atoms with Crippen molar-refractivity contribution >= 4 is 38.8 Å². The number of anilines is 1. The van der Waals surface area contributed by atoms with Crippen LogP contribution in [0.5, 0.6) is 0 Å². The van der Waals surface area contributed by atoms with E-state index < -0.39 is 4.92 Å². The summed E-state index contributed by atoms with van der Waals surface area (Å²) in [5.41, 5.74) is 1.70. The number of nitro groups is 1. The third-order valence-corrected chi connectivity index (χ3v) is 3.34. The third-order valence-electron chi connectivity index (χ3n) is 1.95. The Kier molecular flexibility index (Phi) is 3.64. The fraction of sp³-hybridized carbons (Fsp3) is 0.111. The molecule has 8 heteroatoms. The molecule has 0 aromatic carbocycles. The molecule has 0 bridgehead atoms. The summed E-state index contributed by atoms with van der Waals surface area (Å²) in [6.45, 7) is 0.591. The molecule has 6 nitrogen and oxygen atoms in total. The number of rotatable bonds is 4. The van der Waals surface area contributed by atoms with E-state index >= 15 is 0 Å². The van der Waals surface area contributed by atoms with Crippen LogP contribution in [0.3, 0.4) is 0 Å². The molecule has 0 unspecified atom stereocenters. The highest BCUT2D eigenvalue weighted by Crippen LogP contribution is 2.24. The van der Waals surface area contributed by atoms with E-state index in [1.165, 1.54) is 23.6 Å². The van der Waals surface area contributed by atoms with Crippen LogP contribution < -0.4 is 5.32 Å². The van der Waals surface area contributed by atoms with Gasteiger partial charge in [0.1, 0.15) is 12.0 Å². The molecule has 2 rings (SSSR count). The molecule has 88 valence electrons. The van der Waals surface area contributed by atoms with Crippen LogP contribution in [-0.2, 0) is 6.54 Å². The van der Waals surface area contributed by atoms with Gasteiger partial charge in [0.15, 0.2) is 0 Å². The number of thiazole rings is 1. The van der Waals surface area contributed by atoms with E-state index in [9.17, 15) is 10.1 Å². The second-order valence-electron chi connectivity index (χ2n) is 3.10. The first kappa shape index (κ1) is 11.9. The Balaban J connectivity index is 2.09. The fourth-order valence-corrected chi connectivity index (χ4v) is 2.17. The summed E-state index contributed by atoms with van der Waals surface area (Å²) < 4.78 is 0.566. The van der Waals surface area contributed by atoms with Gasteiger partial charge in [0.2, 0.25) is 0 Å². The van der Waals surface area contributed by atoms with Crippen molar-refractivity contribution in [2.45, 2.75) is 6.54 Å². The highest BCUT2D eigenvalue weighted by molar-refractivity contribution is 9.10. The van der Waals surface area contributed by atoms with Crippen LogP contribution in [0.2, 0.25) is 0 Å². The van der Waals surface area contributed by atoms with E-state index in [0.29, 0.717) is 16.8 Å².